The lowest BCUT2D eigenvalue weighted by Gasteiger charge is -2.08. The number of aldehydes is 1. The summed E-state index contributed by atoms with van der Waals surface area (Å²) in [5, 5.41) is 4.17. The quantitative estimate of drug-likeness (QED) is 0.762. The standard InChI is InChI=1S/C13H13FN2O/c1-3-9-7-15-16(2)13(9)12-5-4-11(14)6-10(12)8-17/h4-8H,3H2,1-2H3. The third-order valence-corrected chi connectivity index (χ3v) is 2.79. The molecule has 0 fully saturated rings. The fourth-order valence-corrected chi connectivity index (χ4v) is 1.94. The lowest BCUT2D eigenvalue weighted by molar-refractivity contribution is 0.112. The van der Waals surface area contributed by atoms with Gasteiger partial charge in [-0.2, -0.15) is 5.10 Å². The third kappa shape index (κ3) is 1.98. The van der Waals surface area contributed by atoms with Gasteiger partial charge in [-0.1, -0.05) is 6.92 Å². The van der Waals surface area contributed by atoms with Crippen LogP contribution in [0, 0.1) is 5.82 Å². The second-order valence-corrected chi connectivity index (χ2v) is 3.84. The Balaban J connectivity index is 2.67. The molecule has 0 aliphatic heterocycles. The first-order chi connectivity index (χ1) is 8.17. The SMILES string of the molecule is CCc1cnn(C)c1-c1ccc(F)cc1C=O. The molecule has 4 heteroatoms. The minimum Gasteiger partial charge on any atom is -0.298 e. The van der Waals surface area contributed by atoms with E-state index in [-0.39, 0.29) is 0 Å². The predicted octanol–water partition coefficient (Wildman–Crippen LogP) is 2.60. The summed E-state index contributed by atoms with van der Waals surface area (Å²) in [5.41, 5.74) is 2.98. The normalized spacial score (nSPS) is 10.5. The minimum atomic E-state index is -0.406. The van der Waals surface area contributed by atoms with Crippen LogP contribution in [-0.4, -0.2) is 16.1 Å². The van der Waals surface area contributed by atoms with Crippen LogP contribution >= 0.6 is 0 Å². The largest absolute Gasteiger partial charge is 0.298 e. The van der Waals surface area contributed by atoms with E-state index in [4.69, 9.17) is 0 Å². The molecule has 3 nitrogen and oxygen atoms in total. The van der Waals surface area contributed by atoms with Crippen molar-refractivity contribution in [3.63, 3.8) is 0 Å². The number of halogens is 1. The summed E-state index contributed by atoms with van der Waals surface area (Å²) in [5.74, 6) is -0.406. The van der Waals surface area contributed by atoms with Gasteiger partial charge in [0.05, 0.1) is 11.9 Å². The second-order valence-electron chi connectivity index (χ2n) is 3.84. The lowest BCUT2D eigenvalue weighted by atomic mass is 10.0. The Morgan fingerprint density at radius 2 is 2.24 bits per heavy atom. The van der Waals surface area contributed by atoms with Gasteiger partial charge in [0.1, 0.15) is 5.82 Å². The van der Waals surface area contributed by atoms with E-state index in [1.807, 2.05) is 14.0 Å². The number of hydrogen-bond donors (Lipinski definition) is 0. The molecule has 0 aliphatic rings. The van der Waals surface area contributed by atoms with E-state index in [9.17, 15) is 9.18 Å². The van der Waals surface area contributed by atoms with Gasteiger partial charge in [-0.25, -0.2) is 4.39 Å². The zero-order valence-electron chi connectivity index (χ0n) is 9.77. The molecule has 0 radical (unpaired) electrons. The van der Waals surface area contributed by atoms with Gasteiger partial charge in [0.15, 0.2) is 6.29 Å². The van der Waals surface area contributed by atoms with Crippen LogP contribution in [0.2, 0.25) is 0 Å². The van der Waals surface area contributed by atoms with Crippen molar-refractivity contribution in [3.8, 4) is 11.3 Å². The first-order valence-electron chi connectivity index (χ1n) is 5.43. The Morgan fingerprint density at radius 1 is 1.47 bits per heavy atom. The van der Waals surface area contributed by atoms with Crippen molar-refractivity contribution in [2.75, 3.05) is 0 Å². The van der Waals surface area contributed by atoms with Crippen LogP contribution in [0.3, 0.4) is 0 Å². The third-order valence-electron chi connectivity index (χ3n) is 2.79. The Kier molecular flexibility index (Phi) is 3.04. The number of carbonyl (C=O) groups excluding carboxylic acids is 1. The smallest absolute Gasteiger partial charge is 0.150 e. The summed E-state index contributed by atoms with van der Waals surface area (Å²) in [7, 11) is 1.81. The van der Waals surface area contributed by atoms with Crippen molar-refractivity contribution >= 4 is 6.29 Å². The van der Waals surface area contributed by atoms with Crippen LogP contribution < -0.4 is 0 Å². The van der Waals surface area contributed by atoms with Gasteiger partial charge in [-0.3, -0.25) is 9.48 Å². The van der Waals surface area contributed by atoms with E-state index in [2.05, 4.69) is 5.10 Å². The number of benzene rings is 1. The highest BCUT2D eigenvalue weighted by Crippen LogP contribution is 2.26. The molecule has 0 saturated carbocycles. The van der Waals surface area contributed by atoms with Crippen molar-refractivity contribution in [2.45, 2.75) is 13.3 Å². The van der Waals surface area contributed by atoms with Crippen LogP contribution in [0.25, 0.3) is 11.3 Å². The van der Waals surface area contributed by atoms with Gasteiger partial charge in [-0.15, -0.1) is 0 Å². The van der Waals surface area contributed by atoms with Gasteiger partial charge in [0.2, 0.25) is 0 Å². The molecule has 0 saturated heterocycles. The van der Waals surface area contributed by atoms with Crippen molar-refractivity contribution in [1.82, 2.24) is 9.78 Å². The highest BCUT2D eigenvalue weighted by atomic mass is 19.1. The van der Waals surface area contributed by atoms with Gasteiger partial charge >= 0.3 is 0 Å². The fourth-order valence-electron chi connectivity index (χ4n) is 1.94. The van der Waals surface area contributed by atoms with Crippen molar-refractivity contribution in [2.24, 2.45) is 7.05 Å². The predicted molar refractivity (Wildman–Crippen MR) is 63.4 cm³/mol. The van der Waals surface area contributed by atoms with Crippen LogP contribution in [0.5, 0.6) is 0 Å². The number of rotatable bonds is 3. The number of aryl methyl sites for hydroxylation is 2. The Bertz CT molecular complexity index is 561. The van der Waals surface area contributed by atoms with E-state index >= 15 is 0 Å². The molecule has 0 aliphatic carbocycles. The molecule has 17 heavy (non-hydrogen) atoms. The average Bonchev–Trinajstić information content (AvgIpc) is 2.70. The molecule has 1 heterocycles. The van der Waals surface area contributed by atoms with E-state index in [1.165, 1.54) is 12.1 Å². The van der Waals surface area contributed by atoms with E-state index < -0.39 is 5.82 Å². The van der Waals surface area contributed by atoms with Crippen LogP contribution in [0.1, 0.15) is 22.8 Å². The Hall–Kier alpha value is -1.97. The molecule has 0 spiro atoms. The summed E-state index contributed by atoms with van der Waals surface area (Å²) in [6.07, 6.45) is 3.26. The molecule has 0 unspecified atom stereocenters. The zero-order valence-corrected chi connectivity index (χ0v) is 9.77. The number of carbonyl (C=O) groups is 1. The fraction of sp³-hybridized carbons (Fsp3) is 0.231. The maximum atomic E-state index is 13.1. The molecule has 0 N–H and O–H groups in total. The maximum absolute atomic E-state index is 13.1. The number of aromatic nitrogens is 2. The average molecular weight is 232 g/mol. The molecular formula is C13H13FN2O. The number of nitrogens with zero attached hydrogens (tertiary/aromatic N) is 2. The van der Waals surface area contributed by atoms with Gasteiger partial charge < -0.3 is 0 Å². The molecule has 88 valence electrons. The maximum Gasteiger partial charge on any atom is 0.150 e. The highest BCUT2D eigenvalue weighted by Gasteiger charge is 2.13. The monoisotopic (exact) mass is 232 g/mol. The van der Waals surface area contributed by atoms with Crippen molar-refractivity contribution < 1.29 is 9.18 Å². The first-order valence-corrected chi connectivity index (χ1v) is 5.43. The van der Waals surface area contributed by atoms with Gasteiger partial charge in [-0.05, 0) is 30.2 Å². The van der Waals surface area contributed by atoms with Gasteiger partial charge in [0, 0.05) is 18.2 Å². The molecule has 2 aromatic rings. The molecule has 0 atom stereocenters. The lowest BCUT2D eigenvalue weighted by Crippen LogP contribution is -1.99. The Morgan fingerprint density at radius 3 is 2.88 bits per heavy atom. The van der Waals surface area contributed by atoms with E-state index in [0.717, 1.165) is 23.2 Å². The highest BCUT2D eigenvalue weighted by molar-refractivity contribution is 5.87. The first kappa shape index (κ1) is 11.5. The summed E-state index contributed by atoms with van der Waals surface area (Å²) in [4.78, 5) is 11.0. The molecule has 0 amide bonds. The summed E-state index contributed by atoms with van der Waals surface area (Å²) >= 11 is 0. The molecular weight excluding hydrogens is 219 g/mol. The molecule has 1 aromatic heterocycles. The van der Waals surface area contributed by atoms with Crippen LogP contribution in [-0.2, 0) is 13.5 Å². The van der Waals surface area contributed by atoms with Gasteiger partial charge in [0.25, 0.3) is 0 Å². The summed E-state index contributed by atoms with van der Waals surface area (Å²) in [6.45, 7) is 2.02. The summed E-state index contributed by atoms with van der Waals surface area (Å²) in [6, 6.07) is 4.22. The summed E-state index contributed by atoms with van der Waals surface area (Å²) < 4.78 is 14.8. The van der Waals surface area contributed by atoms with Crippen LogP contribution in [0.15, 0.2) is 24.4 Å². The molecule has 1 aromatic carbocycles. The Labute approximate surface area is 98.9 Å². The van der Waals surface area contributed by atoms with Crippen molar-refractivity contribution in [1.29, 1.82) is 0 Å². The van der Waals surface area contributed by atoms with Crippen LogP contribution in [0.4, 0.5) is 4.39 Å². The minimum absolute atomic E-state index is 0.350. The van der Waals surface area contributed by atoms with E-state index in [0.29, 0.717) is 11.8 Å². The van der Waals surface area contributed by atoms with Crippen molar-refractivity contribution in [3.05, 3.63) is 41.3 Å². The zero-order chi connectivity index (χ0) is 12.4. The molecule has 0 bridgehead atoms. The van der Waals surface area contributed by atoms with E-state index in [1.54, 1.807) is 16.9 Å². The molecule has 2 rings (SSSR count). The number of hydrogen-bond acceptors (Lipinski definition) is 2. The second kappa shape index (κ2) is 4.49. The topological polar surface area (TPSA) is 34.9 Å².